The van der Waals surface area contributed by atoms with E-state index in [9.17, 15) is 12.8 Å². The van der Waals surface area contributed by atoms with Gasteiger partial charge in [-0.2, -0.15) is 0 Å². The van der Waals surface area contributed by atoms with Gasteiger partial charge in [-0.3, -0.25) is 0 Å². The highest BCUT2D eigenvalue weighted by atomic mass is 32.2. The Bertz CT molecular complexity index is 690. The minimum Gasteiger partial charge on any atom is -0.396 e. The zero-order chi connectivity index (χ0) is 13.3. The van der Waals surface area contributed by atoms with Gasteiger partial charge in [0.1, 0.15) is 0 Å². The molecule has 2 aromatic heterocycles. The maximum Gasteiger partial charge on any atom is 0.257 e. The molecule has 0 bridgehead atoms. The van der Waals surface area contributed by atoms with E-state index in [1.54, 1.807) is 0 Å². The highest BCUT2D eigenvalue weighted by Gasteiger charge is 2.22. The third-order valence-electron chi connectivity index (χ3n) is 2.09. The van der Waals surface area contributed by atoms with Crippen molar-refractivity contribution < 1.29 is 12.8 Å². The summed E-state index contributed by atoms with van der Waals surface area (Å²) in [5.41, 5.74) is 4.91. The first-order chi connectivity index (χ1) is 8.41. The molecule has 4 N–H and O–H groups in total. The van der Waals surface area contributed by atoms with E-state index in [0.29, 0.717) is 6.20 Å². The van der Waals surface area contributed by atoms with Crippen LogP contribution in [0, 0.1) is 5.82 Å². The van der Waals surface area contributed by atoms with Crippen LogP contribution >= 0.6 is 0 Å². The summed E-state index contributed by atoms with van der Waals surface area (Å²) >= 11 is 0. The number of aromatic nitrogens is 3. The highest BCUT2D eigenvalue weighted by molar-refractivity contribution is 7.89. The summed E-state index contributed by atoms with van der Waals surface area (Å²) in [6.07, 6.45) is 3.46. The molecule has 0 radical (unpaired) electrons. The predicted octanol–water partition coefficient (Wildman–Crippen LogP) is -0.0927. The number of nitrogens with zero attached hydrogens (tertiary/aromatic N) is 3. The Balaban J connectivity index is 2.76. The van der Waals surface area contributed by atoms with Gasteiger partial charge >= 0.3 is 0 Å². The van der Waals surface area contributed by atoms with Gasteiger partial charge < -0.3 is 5.73 Å². The molecular weight excluding hydrogens is 261 g/mol. The van der Waals surface area contributed by atoms with Crippen LogP contribution in [0.4, 0.5) is 10.1 Å². The van der Waals surface area contributed by atoms with Crippen molar-refractivity contribution in [2.45, 2.75) is 5.03 Å². The quantitative estimate of drug-likeness (QED) is 0.784. The predicted molar refractivity (Wildman–Crippen MR) is 61.0 cm³/mol. The van der Waals surface area contributed by atoms with Gasteiger partial charge in [0.25, 0.3) is 10.0 Å². The van der Waals surface area contributed by atoms with Crippen LogP contribution in [-0.2, 0) is 10.0 Å². The van der Waals surface area contributed by atoms with Gasteiger partial charge in [0, 0.05) is 12.4 Å². The van der Waals surface area contributed by atoms with Crippen molar-refractivity contribution in [3.8, 4) is 11.4 Å². The highest BCUT2D eigenvalue weighted by Crippen LogP contribution is 2.29. The normalized spacial score (nSPS) is 11.4. The van der Waals surface area contributed by atoms with E-state index in [1.165, 1.54) is 18.5 Å². The van der Waals surface area contributed by atoms with Gasteiger partial charge in [0.05, 0.1) is 17.4 Å². The van der Waals surface area contributed by atoms with Crippen molar-refractivity contribution in [3.63, 3.8) is 0 Å². The molecule has 0 fully saturated rings. The summed E-state index contributed by atoms with van der Waals surface area (Å²) in [6, 6.07) is 1.53. The zero-order valence-corrected chi connectivity index (χ0v) is 9.72. The van der Waals surface area contributed by atoms with E-state index in [2.05, 4.69) is 15.0 Å². The molecule has 0 aliphatic carbocycles. The molecule has 0 atom stereocenters. The number of pyridine rings is 1. The third-order valence-corrected chi connectivity index (χ3v) is 2.96. The summed E-state index contributed by atoms with van der Waals surface area (Å²) in [6.45, 7) is 0. The van der Waals surface area contributed by atoms with Gasteiger partial charge in [0.15, 0.2) is 16.7 Å². The van der Waals surface area contributed by atoms with E-state index in [1.807, 2.05) is 0 Å². The summed E-state index contributed by atoms with van der Waals surface area (Å²) < 4.78 is 36.1. The largest absolute Gasteiger partial charge is 0.396 e. The number of rotatable bonds is 2. The number of sulfonamides is 1. The summed E-state index contributed by atoms with van der Waals surface area (Å²) in [7, 11) is -4.14. The second kappa shape index (κ2) is 4.27. The fourth-order valence-corrected chi connectivity index (χ4v) is 1.98. The molecule has 2 heterocycles. The molecule has 18 heavy (non-hydrogen) atoms. The van der Waals surface area contributed by atoms with Crippen molar-refractivity contribution in [3.05, 3.63) is 30.5 Å². The number of hydrogen-bond donors (Lipinski definition) is 2. The zero-order valence-electron chi connectivity index (χ0n) is 8.91. The van der Waals surface area contributed by atoms with Crippen LogP contribution in [0.2, 0.25) is 0 Å². The first kappa shape index (κ1) is 12.3. The number of halogens is 1. The molecular formula is C9H8FN5O2S. The number of anilines is 1. The smallest absolute Gasteiger partial charge is 0.257 e. The monoisotopic (exact) mass is 269 g/mol. The van der Waals surface area contributed by atoms with E-state index in [-0.39, 0.29) is 11.4 Å². The van der Waals surface area contributed by atoms with Crippen LogP contribution in [0.5, 0.6) is 0 Å². The average molecular weight is 269 g/mol. The Kier molecular flexibility index (Phi) is 2.93. The topological polar surface area (TPSA) is 125 Å². The Morgan fingerprint density at radius 3 is 2.33 bits per heavy atom. The van der Waals surface area contributed by atoms with Crippen molar-refractivity contribution in [1.82, 2.24) is 15.0 Å². The maximum absolute atomic E-state index is 13.6. The molecule has 7 nitrogen and oxygen atoms in total. The second-order valence-corrected chi connectivity index (χ2v) is 4.79. The lowest BCUT2D eigenvalue weighted by molar-refractivity contribution is 0.591. The average Bonchev–Trinajstić information content (AvgIpc) is 2.28. The van der Waals surface area contributed by atoms with E-state index in [0.717, 1.165) is 0 Å². The minimum absolute atomic E-state index is 0.0419. The van der Waals surface area contributed by atoms with Gasteiger partial charge in [0.2, 0.25) is 0 Å². The molecule has 0 saturated carbocycles. The molecule has 0 aromatic carbocycles. The molecule has 94 valence electrons. The van der Waals surface area contributed by atoms with Crippen molar-refractivity contribution in [2.75, 3.05) is 5.73 Å². The number of primary sulfonamides is 1. The third kappa shape index (κ3) is 2.13. The van der Waals surface area contributed by atoms with Crippen LogP contribution in [0.1, 0.15) is 0 Å². The molecule has 0 spiro atoms. The van der Waals surface area contributed by atoms with Gasteiger partial charge in [-0.05, 0) is 6.07 Å². The van der Waals surface area contributed by atoms with Crippen LogP contribution in [0.25, 0.3) is 11.4 Å². The Morgan fingerprint density at radius 2 is 1.78 bits per heavy atom. The van der Waals surface area contributed by atoms with E-state index in [4.69, 9.17) is 10.9 Å². The molecule has 0 amide bonds. The van der Waals surface area contributed by atoms with Gasteiger partial charge in [-0.15, -0.1) is 0 Å². The summed E-state index contributed by atoms with van der Waals surface area (Å²) in [4.78, 5) is 11.0. The number of nitrogens with two attached hydrogens (primary N) is 2. The van der Waals surface area contributed by atoms with E-state index < -0.39 is 26.6 Å². The van der Waals surface area contributed by atoms with Gasteiger partial charge in [-0.25, -0.2) is 32.9 Å². The lowest BCUT2D eigenvalue weighted by Gasteiger charge is -2.08. The summed E-state index contributed by atoms with van der Waals surface area (Å²) in [5, 5.41) is 4.32. The molecule has 2 rings (SSSR count). The van der Waals surface area contributed by atoms with Crippen molar-refractivity contribution in [2.24, 2.45) is 5.14 Å². The molecule has 2 aromatic rings. The van der Waals surface area contributed by atoms with Crippen LogP contribution < -0.4 is 10.9 Å². The number of nitrogen functional groups attached to an aromatic ring is 1. The Morgan fingerprint density at radius 1 is 1.17 bits per heavy atom. The fourth-order valence-electron chi connectivity index (χ4n) is 1.37. The molecule has 0 saturated heterocycles. The maximum atomic E-state index is 13.6. The fraction of sp³-hybridized carbons (Fsp3) is 0. The van der Waals surface area contributed by atoms with Gasteiger partial charge in [-0.1, -0.05) is 0 Å². The van der Waals surface area contributed by atoms with Crippen LogP contribution in [-0.4, -0.2) is 23.4 Å². The standard InChI is InChI=1S/C9H8FN5O2S/c10-5-4-15-9(18(12,16)17)7(11)6(5)8-13-2-1-3-14-8/h1-4H,11H2,(H2,12,16,17). The lowest BCUT2D eigenvalue weighted by atomic mass is 10.2. The Hall–Kier alpha value is -2.13. The number of hydrogen-bond acceptors (Lipinski definition) is 6. The minimum atomic E-state index is -4.14. The molecule has 9 heteroatoms. The SMILES string of the molecule is Nc1c(S(N)(=O)=O)ncc(F)c1-c1ncccn1. The van der Waals surface area contributed by atoms with Crippen LogP contribution in [0.3, 0.4) is 0 Å². The van der Waals surface area contributed by atoms with E-state index >= 15 is 0 Å². The second-order valence-electron chi connectivity index (χ2n) is 3.32. The first-order valence-corrected chi connectivity index (χ1v) is 6.20. The molecule has 0 aliphatic rings. The molecule has 0 unspecified atom stereocenters. The van der Waals surface area contributed by atoms with Crippen LogP contribution in [0.15, 0.2) is 29.7 Å². The molecule has 0 aliphatic heterocycles. The summed E-state index contributed by atoms with van der Waals surface area (Å²) in [5.74, 6) is -0.870. The van der Waals surface area contributed by atoms with Crippen molar-refractivity contribution in [1.29, 1.82) is 0 Å². The lowest BCUT2D eigenvalue weighted by Crippen LogP contribution is -2.17. The van der Waals surface area contributed by atoms with Crippen molar-refractivity contribution >= 4 is 15.7 Å². The first-order valence-electron chi connectivity index (χ1n) is 4.65. The Labute approximate surface area is 102 Å².